The highest BCUT2D eigenvalue weighted by Crippen LogP contribution is 2.29. The van der Waals surface area contributed by atoms with Gasteiger partial charge in [0.25, 0.3) is 0 Å². The van der Waals surface area contributed by atoms with E-state index in [1.54, 1.807) is 11.8 Å². The van der Waals surface area contributed by atoms with Crippen molar-refractivity contribution >= 4 is 17.7 Å². The molecule has 1 aliphatic heterocycles. The molecule has 2 heterocycles. The number of hydrogen-bond acceptors (Lipinski definition) is 7. The highest BCUT2D eigenvalue weighted by atomic mass is 16.5. The molecule has 1 saturated heterocycles. The van der Waals surface area contributed by atoms with E-state index in [9.17, 15) is 14.4 Å². The van der Waals surface area contributed by atoms with Crippen molar-refractivity contribution in [2.45, 2.75) is 40.0 Å². The van der Waals surface area contributed by atoms with Crippen LogP contribution in [0.5, 0.6) is 5.75 Å². The number of oxazole rings is 1. The number of nitrogens with zero attached hydrogens (tertiary/aromatic N) is 2. The molecule has 0 N–H and O–H groups in total. The largest absolute Gasteiger partial charge is 0.493 e. The van der Waals surface area contributed by atoms with Crippen molar-refractivity contribution in [3.63, 3.8) is 0 Å². The zero-order chi connectivity index (χ0) is 27.1. The van der Waals surface area contributed by atoms with Crippen molar-refractivity contribution in [3.05, 3.63) is 71.6 Å². The zero-order valence-corrected chi connectivity index (χ0v) is 22.1. The van der Waals surface area contributed by atoms with Crippen LogP contribution in [-0.4, -0.2) is 53.8 Å². The van der Waals surface area contributed by atoms with E-state index in [1.165, 1.54) is 6.92 Å². The molecule has 1 fully saturated rings. The van der Waals surface area contributed by atoms with Crippen LogP contribution < -0.4 is 4.74 Å². The minimum atomic E-state index is -0.409. The van der Waals surface area contributed by atoms with E-state index in [1.807, 2.05) is 61.5 Å². The lowest BCUT2D eigenvalue weighted by Crippen LogP contribution is -2.31. The maximum Gasteiger partial charge on any atom is 0.311 e. The number of aromatic nitrogens is 1. The van der Waals surface area contributed by atoms with Crippen molar-refractivity contribution < 1.29 is 28.3 Å². The first kappa shape index (κ1) is 27.1. The van der Waals surface area contributed by atoms with Gasteiger partial charge >= 0.3 is 5.97 Å². The summed E-state index contributed by atoms with van der Waals surface area (Å²) in [6.07, 6.45) is 1.10. The van der Waals surface area contributed by atoms with Gasteiger partial charge in [0.1, 0.15) is 17.3 Å². The van der Waals surface area contributed by atoms with E-state index in [0.717, 1.165) is 28.3 Å². The summed E-state index contributed by atoms with van der Waals surface area (Å²) in [6, 6.07) is 17.6. The number of ketones is 1. The summed E-state index contributed by atoms with van der Waals surface area (Å²) in [6.45, 7) is 6.53. The van der Waals surface area contributed by atoms with Crippen LogP contribution in [0.4, 0.5) is 0 Å². The molecule has 200 valence electrons. The van der Waals surface area contributed by atoms with Crippen molar-refractivity contribution in [2.75, 3.05) is 26.3 Å². The molecule has 0 bridgehead atoms. The number of carbonyl (C=O) groups excluding carboxylic acids is 3. The van der Waals surface area contributed by atoms with Crippen LogP contribution in [0.25, 0.3) is 11.5 Å². The van der Waals surface area contributed by atoms with Crippen LogP contribution in [0.2, 0.25) is 0 Å². The van der Waals surface area contributed by atoms with Gasteiger partial charge in [0.15, 0.2) is 0 Å². The molecule has 2 aromatic carbocycles. The van der Waals surface area contributed by atoms with Gasteiger partial charge in [-0.05, 0) is 62.9 Å². The molecule has 1 amide bonds. The summed E-state index contributed by atoms with van der Waals surface area (Å²) in [5.41, 5.74) is 2.85. The third-order valence-corrected chi connectivity index (χ3v) is 6.73. The summed E-state index contributed by atoms with van der Waals surface area (Å²) >= 11 is 0. The maximum absolute atomic E-state index is 12.6. The fourth-order valence-corrected chi connectivity index (χ4v) is 4.78. The Balaban J connectivity index is 1.33. The first-order valence-electron chi connectivity index (χ1n) is 13.0. The minimum absolute atomic E-state index is 0.0781. The Hall–Kier alpha value is -3.94. The molecule has 0 radical (unpaired) electrons. The lowest BCUT2D eigenvalue weighted by Gasteiger charge is -2.17. The van der Waals surface area contributed by atoms with Gasteiger partial charge in [0.05, 0.1) is 31.2 Å². The van der Waals surface area contributed by atoms with E-state index in [4.69, 9.17) is 13.9 Å². The van der Waals surface area contributed by atoms with Crippen LogP contribution in [-0.2, 0) is 32.0 Å². The Morgan fingerprint density at radius 2 is 1.79 bits per heavy atom. The van der Waals surface area contributed by atoms with Gasteiger partial charge in [-0.3, -0.25) is 14.4 Å². The SMILES string of the molecule is CCOC(=O)[C@H]1CN(C(=O)CC(C)=O)C[C@H]1Cc1ccc(OCCc2nc(-c3ccccc3)oc2C)cc1. The summed E-state index contributed by atoms with van der Waals surface area (Å²) in [7, 11) is 0. The van der Waals surface area contributed by atoms with Crippen LogP contribution in [0.15, 0.2) is 59.0 Å². The number of benzene rings is 2. The zero-order valence-electron chi connectivity index (χ0n) is 22.1. The average Bonchev–Trinajstić information content (AvgIpc) is 3.49. The Bertz CT molecular complexity index is 1250. The van der Waals surface area contributed by atoms with Crippen LogP contribution in [0.3, 0.4) is 0 Å². The predicted molar refractivity (Wildman–Crippen MR) is 142 cm³/mol. The van der Waals surface area contributed by atoms with Crippen LogP contribution in [0.1, 0.15) is 37.3 Å². The number of aryl methyl sites for hydroxylation is 1. The predicted octanol–water partition coefficient (Wildman–Crippen LogP) is 4.43. The average molecular weight is 519 g/mol. The van der Waals surface area contributed by atoms with Gasteiger partial charge < -0.3 is 18.8 Å². The Labute approximate surface area is 222 Å². The molecular weight excluding hydrogens is 484 g/mol. The third kappa shape index (κ3) is 6.88. The first-order valence-corrected chi connectivity index (χ1v) is 13.0. The molecule has 2 atom stereocenters. The van der Waals surface area contributed by atoms with Crippen molar-refractivity contribution in [3.8, 4) is 17.2 Å². The lowest BCUT2D eigenvalue weighted by atomic mass is 9.90. The van der Waals surface area contributed by atoms with E-state index < -0.39 is 5.92 Å². The molecular formula is C30H34N2O6. The van der Waals surface area contributed by atoms with Crippen LogP contribution in [0, 0.1) is 18.8 Å². The molecule has 3 aromatic rings. The second kappa shape index (κ2) is 12.5. The number of likely N-dealkylation sites (tertiary alicyclic amines) is 1. The van der Waals surface area contributed by atoms with Gasteiger partial charge in [-0.2, -0.15) is 0 Å². The summed E-state index contributed by atoms with van der Waals surface area (Å²) in [5, 5.41) is 0. The Morgan fingerprint density at radius 1 is 1.05 bits per heavy atom. The van der Waals surface area contributed by atoms with E-state index in [-0.39, 0.29) is 43.2 Å². The van der Waals surface area contributed by atoms with Gasteiger partial charge in [-0.1, -0.05) is 30.3 Å². The molecule has 4 rings (SSSR count). The van der Waals surface area contributed by atoms with Crippen molar-refractivity contribution in [1.82, 2.24) is 9.88 Å². The number of amides is 1. The summed E-state index contributed by atoms with van der Waals surface area (Å²) in [4.78, 5) is 42.7. The normalized spacial score (nSPS) is 16.9. The summed E-state index contributed by atoms with van der Waals surface area (Å²) < 4.78 is 17.0. The quantitative estimate of drug-likeness (QED) is 0.273. The van der Waals surface area contributed by atoms with Crippen molar-refractivity contribution in [2.24, 2.45) is 11.8 Å². The van der Waals surface area contributed by atoms with E-state index >= 15 is 0 Å². The number of rotatable bonds is 11. The second-order valence-corrected chi connectivity index (χ2v) is 9.63. The summed E-state index contributed by atoms with van der Waals surface area (Å²) in [5.74, 6) is 0.926. The number of hydrogen-bond donors (Lipinski definition) is 0. The van der Waals surface area contributed by atoms with Gasteiger partial charge in [0.2, 0.25) is 11.8 Å². The number of ether oxygens (including phenoxy) is 2. The maximum atomic E-state index is 12.6. The number of Topliss-reactive ketones (excluding diaryl/α,β-unsaturated/α-hetero) is 1. The second-order valence-electron chi connectivity index (χ2n) is 9.63. The molecule has 1 aliphatic rings. The molecule has 38 heavy (non-hydrogen) atoms. The lowest BCUT2D eigenvalue weighted by molar-refractivity contribution is -0.148. The molecule has 0 unspecified atom stereocenters. The smallest absolute Gasteiger partial charge is 0.311 e. The Morgan fingerprint density at radius 3 is 2.47 bits per heavy atom. The Kier molecular flexibility index (Phi) is 8.94. The highest BCUT2D eigenvalue weighted by Gasteiger charge is 2.40. The van der Waals surface area contributed by atoms with E-state index in [0.29, 0.717) is 31.9 Å². The van der Waals surface area contributed by atoms with Crippen molar-refractivity contribution in [1.29, 1.82) is 0 Å². The topological polar surface area (TPSA) is 98.9 Å². The van der Waals surface area contributed by atoms with Crippen LogP contribution >= 0.6 is 0 Å². The molecule has 0 aliphatic carbocycles. The fraction of sp³-hybridized carbons (Fsp3) is 0.400. The van der Waals surface area contributed by atoms with Gasteiger partial charge in [-0.15, -0.1) is 0 Å². The number of carbonyl (C=O) groups is 3. The van der Waals surface area contributed by atoms with Gasteiger partial charge in [-0.25, -0.2) is 4.98 Å². The molecule has 0 saturated carbocycles. The first-order chi connectivity index (χ1) is 18.3. The molecule has 8 nitrogen and oxygen atoms in total. The van der Waals surface area contributed by atoms with E-state index in [2.05, 4.69) is 4.98 Å². The minimum Gasteiger partial charge on any atom is -0.493 e. The molecule has 1 aromatic heterocycles. The third-order valence-electron chi connectivity index (χ3n) is 6.73. The van der Waals surface area contributed by atoms with Gasteiger partial charge in [0, 0.05) is 25.1 Å². The molecule has 0 spiro atoms. The fourth-order valence-electron chi connectivity index (χ4n) is 4.78. The number of esters is 1. The monoisotopic (exact) mass is 518 g/mol. The standard InChI is InChI=1S/C30H34N2O6/c1-4-36-30(35)26-19-32(28(34)16-20(2)33)18-24(26)17-22-10-12-25(13-11-22)37-15-14-27-21(3)38-29(31-27)23-8-6-5-7-9-23/h5-13,24,26H,4,14-19H2,1-3H3/t24-,26+/m1/s1. The highest BCUT2D eigenvalue weighted by molar-refractivity contribution is 5.97. The molecule has 8 heteroatoms.